The summed E-state index contributed by atoms with van der Waals surface area (Å²) in [7, 11) is 1.37. The summed E-state index contributed by atoms with van der Waals surface area (Å²) in [5.74, 6) is -1.15. The van der Waals surface area contributed by atoms with E-state index in [1.165, 1.54) is 18.4 Å². The summed E-state index contributed by atoms with van der Waals surface area (Å²) in [5, 5.41) is 0.788. The highest BCUT2D eigenvalue weighted by Crippen LogP contribution is 2.31. The number of aromatic nitrogens is 1. The summed E-state index contributed by atoms with van der Waals surface area (Å²) >= 11 is 1.52. The van der Waals surface area contributed by atoms with Gasteiger partial charge in [-0.1, -0.05) is 0 Å². The van der Waals surface area contributed by atoms with Gasteiger partial charge in [-0.3, -0.25) is 9.59 Å². The predicted molar refractivity (Wildman–Crippen MR) is 105 cm³/mol. The second-order valence-electron chi connectivity index (χ2n) is 6.81. The van der Waals surface area contributed by atoms with E-state index in [0.717, 1.165) is 15.4 Å². The van der Waals surface area contributed by atoms with Crippen LogP contribution in [-0.4, -0.2) is 54.1 Å². The quantitative estimate of drug-likeness (QED) is 0.716. The first-order chi connectivity index (χ1) is 13.4. The van der Waals surface area contributed by atoms with Crippen LogP contribution in [0.25, 0.3) is 5.00 Å². The maximum Gasteiger partial charge on any atom is 0.341 e. The number of carbonyl (C=O) groups excluding carboxylic acids is 3. The van der Waals surface area contributed by atoms with Gasteiger partial charge < -0.3 is 18.9 Å². The molecule has 2 aromatic heterocycles. The van der Waals surface area contributed by atoms with Gasteiger partial charge in [-0.15, -0.1) is 11.3 Å². The van der Waals surface area contributed by atoms with Crippen LogP contribution < -0.4 is 0 Å². The van der Waals surface area contributed by atoms with Gasteiger partial charge >= 0.3 is 11.9 Å². The molecule has 0 N–H and O–H groups in total. The molecule has 1 amide bonds. The number of carbonyl (C=O) groups is 3. The standard InChI is InChI=1S/C20H24N2O5S/c1-13-14(2)28-18(22-8-4-5-9-22)17(13)20(25)27-12-16(23)21-10-6-15(7-11-21)19(24)26-3/h4-5,8-9,15H,6-7,10-12H2,1-3H3. The molecule has 0 aliphatic carbocycles. The van der Waals surface area contributed by atoms with Crippen LogP contribution in [0.4, 0.5) is 0 Å². The minimum atomic E-state index is -0.497. The molecule has 8 heteroatoms. The Hall–Kier alpha value is -2.61. The molecule has 3 rings (SSSR count). The Morgan fingerprint density at radius 3 is 2.39 bits per heavy atom. The van der Waals surface area contributed by atoms with Gasteiger partial charge in [0.05, 0.1) is 18.6 Å². The summed E-state index contributed by atoms with van der Waals surface area (Å²) in [6, 6.07) is 3.78. The number of methoxy groups -OCH3 is 1. The second-order valence-corrected chi connectivity index (χ2v) is 8.01. The monoisotopic (exact) mass is 404 g/mol. The number of ether oxygens (including phenoxy) is 2. The summed E-state index contributed by atoms with van der Waals surface area (Å²) < 4.78 is 12.0. The zero-order valence-electron chi connectivity index (χ0n) is 16.3. The fraction of sp³-hybridized carbons (Fsp3) is 0.450. The van der Waals surface area contributed by atoms with Crippen molar-refractivity contribution in [1.82, 2.24) is 9.47 Å². The van der Waals surface area contributed by atoms with Crippen molar-refractivity contribution in [3.05, 3.63) is 40.5 Å². The average molecular weight is 404 g/mol. The van der Waals surface area contributed by atoms with E-state index < -0.39 is 5.97 Å². The third kappa shape index (κ3) is 4.11. The van der Waals surface area contributed by atoms with Gasteiger partial charge in [0.15, 0.2) is 6.61 Å². The lowest BCUT2D eigenvalue weighted by molar-refractivity contribution is -0.149. The van der Waals surface area contributed by atoms with Crippen molar-refractivity contribution in [2.45, 2.75) is 26.7 Å². The number of hydrogen-bond donors (Lipinski definition) is 0. The van der Waals surface area contributed by atoms with Gasteiger partial charge in [-0.05, 0) is 44.4 Å². The molecule has 7 nitrogen and oxygen atoms in total. The molecule has 0 saturated carbocycles. The number of likely N-dealkylation sites (tertiary alicyclic amines) is 1. The molecule has 0 unspecified atom stereocenters. The van der Waals surface area contributed by atoms with Crippen molar-refractivity contribution in [3.63, 3.8) is 0 Å². The first kappa shape index (κ1) is 20.1. The summed E-state index contributed by atoms with van der Waals surface area (Å²) in [6.07, 6.45) is 4.87. The van der Waals surface area contributed by atoms with E-state index in [1.807, 2.05) is 42.9 Å². The molecule has 0 radical (unpaired) electrons. The minimum Gasteiger partial charge on any atom is -0.469 e. The van der Waals surface area contributed by atoms with E-state index >= 15 is 0 Å². The zero-order chi connectivity index (χ0) is 20.3. The number of amides is 1. The average Bonchev–Trinajstić information content (AvgIpc) is 3.34. The molecule has 1 aliphatic heterocycles. The van der Waals surface area contributed by atoms with Gasteiger partial charge in [0.2, 0.25) is 0 Å². The van der Waals surface area contributed by atoms with Crippen LogP contribution in [0.3, 0.4) is 0 Å². The lowest BCUT2D eigenvalue weighted by atomic mass is 9.97. The van der Waals surface area contributed by atoms with Gasteiger partial charge in [0.1, 0.15) is 5.00 Å². The van der Waals surface area contributed by atoms with Gasteiger partial charge in [0.25, 0.3) is 5.91 Å². The number of thiophene rings is 1. The molecule has 0 aromatic carbocycles. The summed E-state index contributed by atoms with van der Waals surface area (Å²) in [4.78, 5) is 39.4. The highest BCUT2D eigenvalue weighted by Gasteiger charge is 2.29. The highest BCUT2D eigenvalue weighted by molar-refractivity contribution is 7.15. The van der Waals surface area contributed by atoms with Crippen molar-refractivity contribution < 1.29 is 23.9 Å². The summed E-state index contributed by atoms with van der Waals surface area (Å²) in [5.41, 5.74) is 1.36. The molecule has 0 spiro atoms. The fourth-order valence-electron chi connectivity index (χ4n) is 3.32. The topological polar surface area (TPSA) is 77.8 Å². The van der Waals surface area contributed by atoms with Crippen LogP contribution in [0.2, 0.25) is 0 Å². The number of piperidine rings is 1. The van der Waals surface area contributed by atoms with Crippen molar-refractivity contribution in [2.24, 2.45) is 5.92 Å². The number of rotatable bonds is 5. The minimum absolute atomic E-state index is 0.169. The number of esters is 2. The number of hydrogen-bond acceptors (Lipinski definition) is 6. The normalized spacial score (nSPS) is 14.8. The second kappa shape index (κ2) is 8.60. The van der Waals surface area contributed by atoms with Crippen LogP contribution in [-0.2, 0) is 19.1 Å². The molecule has 1 aliphatic rings. The van der Waals surface area contributed by atoms with E-state index in [9.17, 15) is 14.4 Å². The van der Waals surface area contributed by atoms with Crippen LogP contribution in [0, 0.1) is 19.8 Å². The Bertz CT molecular complexity index is 864. The molecule has 1 saturated heterocycles. The molecule has 0 bridgehead atoms. The number of nitrogens with zero attached hydrogens (tertiary/aromatic N) is 2. The Labute approximate surface area is 167 Å². The summed E-state index contributed by atoms with van der Waals surface area (Å²) in [6.45, 7) is 4.46. The first-order valence-electron chi connectivity index (χ1n) is 9.18. The fourth-order valence-corrected chi connectivity index (χ4v) is 4.43. The zero-order valence-corrected chi connectivity index (χ0v) is 17.1. The Morgan fingerprint density at radius 2 is 1.79 bits per heavy atom. The number of aryl methyl sites for hydroxylation is 1. The van der Waals surface area contributed by atoms with Crippen LogP contribution >= 0.6 is 11.3 Å². The molecule has 1 fully saturated rings. The Kier molecular flexibility index (Phi) is 6.18. The molecule has 0 atom stereocenters. The third-order valence-corrected chi connectivity index (χ3v) is 6.34. The molecule has 3 heterocycles. The predicted octanol–water partition coefficient (Wildman–Crippen LogP) is 2.72. The third-order valence-electron chi connectivity index (χ3n) is 5.12. The van der Waals surface area contributed by atoms with E-state index in [1.54, 1.807) is 4.90 Å². The largest absolute Gasteiger partial charge is 0.469 e. The highest BCUT2D eigenvalue weighted by atomic mass is 32.1. The van der Waals surface area contributed by atoms with E-state index in [4.69, 9.17) is 9.47 Å². The molecule has 2 aromatic rings. The lowest BCUT2D eigenvalue weighted by Gasteiger charge is -2.30. The molecular weight excluding hydrogens is 380 g/mol. The van der Waals surface area contributed by atoms with Crippen molar-refractivity contribution in [3.8, 4) is 5.00 Å². The van der Waals surface area contributed by atoms with Crippen LogP contribution in [0.15, 0.2) is 24.5 Å². The van der Waals surface area contributed by atoms with Crippen LogP contribution in [0.5, 0.6) is 0 Å². The van der Waals surface area contributed by atoms with Gasteiger partial charge in [-0.25, -0.2) is 4.79 Å². The van der Waals surface area contributed by atoms with E-state index in [0.29, 0.717) is 31.5 Å². The van der Waals surface area contributed by atoms with Crippen molar-refractivity contribution in [1.29, 1.82) is 0 Å². The molecule has 28 heavy (non-hydrogen) atoms. The van der Waals surface area contributed by atoms with Crippen LogP contribution in [0.1, 0.15) is 33.6 Å². The molecule has 150 valence electrons. The smallest absolute Gasteiger partial charge is 0.341 e. The van der Waals surface area contributed by atoms with Gasteiger partial charge in [0, 0.05) is 30.4 Å². The van der Waals surface area contributed by atoms with Crippen molar-refractivity contribution >= 4 is 29.2 Å². The first-order valence-corrected chi connectivity index (χ1v) is 10.00. The van der Waals surface area contributed by atoms with E-state index in [-0.39, 0.29) is 24.4 Å². The van der Waals surface area contributed by atoms with E-state index in [2.05, 4.69) is 0 Å². The lowest BCUT2D eigenvalue weighted by Crippen LogP contribution is -2.42. The maximum atomic E-state index is 12.7. The Morgan fingerprint density at radius 1 is 1.14 bits per heavy atom. The van der Waals surface area contributed by atoms with Crippen molar-refractivity contribution in [2.75, 3.05) is 26.8 Å². The Balaban J connectivity index is 1.61. The van der Waals surface area contributed by atoms with Gasteiger partial charge in [-0.2, -0.15) is 0 Å². The molecular formula is C20H24N2O5S. The maximum absolute atomic E-state index is 12.7. The SMILES string of the molecule is COC(=O)C1CCN(C(=O)COC(=O)c2c(-n3cccc3)sc(C)c2C)CC1.